The summed E-state index contributed by atoms with van der Waals surface area (Å²) >= 11 is 0. The summed E-state index contributed by atoms with van der Waals surface area (Å²) in [6, 6.07) is -1.61. The molecule has 2 saturated carbocycles. The van der Waals surface area contributed by atoms with Crippen molar-refractivity contribution in [3.8, 4) is 0 Å². The lowest BCUT2D eigenvalue weighted by atomic mass is 9.83. The van der Waals surface area contributed by atoms with E-state index >= 15 is 0 Å². The molecule has 0 aromatic carbocycles. The quantitative estimate of drug-likeness (QED) is 0.512. The van der Waals surface area contributed by atoms with E-state index in [1.807, 2.05) is 0 Å². The molecule has 8 heteroatoms. The highest BCUT2D eigenvalue weighted by atomic mass is 16.5. The molecule has 218 valence electrons. The molecule has 3 fully saturated rings. The van der Waals surface area contributed by atoms with E-state index in [1.165, 1.54) is 19.3 Å². The number of amides is 3. The Morgan fingerprint density at radius 1 is 0.868 bits per heavy atom. The third-order valence-electron chi connectivity index (χ3n) is 8.96. The molecule has 6 atom stereocenters. The lowest BCUT2D eigenvalue weighted by molar-refractivity contribution is -0.142. The van der Waals surface area contributed by atoms with Crippen LogP contribution in [0, 0.1) is 17.8 Å². The van der Waals surface area contributed by atoms with Gasteiger partial charge in [-0.05, 0) is 76.5 Å². The molecule has 3 amide bonds. The topological polar surface area (TPSA) is 99.8 Å². The molecule has 1 saturated heterocycles. The minimum Gasteiger partial charge on any atom is -0.374 e. The van der Waals surface area contributed by atoms with Crippen LogP contribution in [-0.2, 0) is 19.1 Å². The average molecular weight is 535 g/mol. The summed E-state index contributed by atoms with van der Waals surface area (Å²) in [5, 5.41) is 9.62. The van der Waals surface area contributed by atoms with Crippen molar-refractivity contribution in [3.63, 3.8) is 0 Å². The maximum Gasteiger partial charge on any atom is 0.243 e. The second kappa shape index (κ2) is 15.2. The Kier molecular flexibility index (Phi) is 12.4. The fourth-order valence-electron chi connectivity index (χ4n) is 6.53. The first-order valence-corrected chi connectivity index (χ1v) is 15.4. The fourth-order valence-corrected chi connectivity index (χ4v) is 6.53. The number of hydrogen-bond acceptors (Lipinski definition) is 5. The molecular weight excluding hydrogens is 480 g/mol. The van der Waals surface area contributed by atoms with E-state index in [-0.39, 0.29) is 47.8 Å². The van der Waals surface area contributed by atoms with Gasteiger partial charge in [0.2, 0.25) is 17.7 Å². The average Bonchev–Trinajstić information content (AvgIpc) is 2.90. The molecule has 3 N–H and O–H groups in total. The van der Waals surface area contributed by atoms with Gasteiger partial charge >= 0.3 is 0 Å². The van der Waals surface area contributed by atoms with Gasteiger partial charge in [0.05, 0.1) is 18.2 Å². The Hall–Kier alpha value is -1.67. The molecule has 8 nitrogen and oxygen atoms in total. The molecular formula is C30H54N4O4. The fraction of sp³-hybridized carbons (Fsp3) is 0.900. The maximum atomic E-state index is 13.8. The normalized spacial score (nSPS) is 34.2. The lowest BCUT2D eigenvalue weighted by Gasteiger charge is -2.37. The van der Waals surface area contributed by atoms with Gasteiger partial charge in [-0.15, -0.1) is 0 Å². The van der Waals surface area contributed by atoms with Crippen LogP contribution in [0.1, 0.15) is 105 Å². The summed E-state index contributed by atoms with van der Waals surface area (Å²) in [7, 11) is 1.71. The molecule has 3 rings (SSSR count). The molecule has 38 heavy (non-hydrogen) atoms. The van der Waals surface area contributed by atoms with Crippen molar-refractivity contribution in [2.75, 3.05) is 20.1 Å². The van der Waals surface area contributed by atoms with Crippen LogP contribution >= 0.6 is 0 Å². The Balaban J connectivity index is 1.81. The molecule has 2 aliphatic carbocycles. The standard InChI is InChI=1S/C30H54N4O4/c1-20(2)18-25-29(36)31-17-11-15-23-12-9-10-16-26(23)38-21(3)19-32-27(24-13-7-6-8-14-24)30(37)34(5)22(4)28(35)33-25/h20-27,32H,6-19H2,1-5H3,(H,31,36)(H,33,35)/t21-,22-,23?,25-,26?,27+/m1/s1. The summed E-state index contributed by atoms with van der Waals surface area (Å²) < 4.78 is 6.58. The van der Waals surface area contributed by atoms with Crippen molar-refractivity contribution in [2.45, 2.75) is 135 Å². The second-order valence-electron chi connectivity index (χ2n) is 12.6. The highest BCUT2D eigenvalue weighted by Crippen LogP contribution is 2.31. The Morgan fingerprint density at radius 3 is 2.21 bits per heavy atom. The van der Waals surface area contributed by atoms with Crippen molar-refractivity contribution < 1.29 is 19.1 Å². The van der Waals surface area contributed by atoms with Crippen LogP contribution in [0.2, 0.25) is 0 Å². The number of nitrogens with one attached hydrogen (secondary N) is 3. The molecule has 3 aliphatic rings. The van der Waals surface area contributed by atoms with Gasteiger partial charge in [0, 0.05) is 20.1 Å². The van der Waals surface area contributed by atoms with Crippen molar-refractivity contribution >= 4 is 17.7 Å². The molecule has 0 aromatic heterocycles. The molecule has 0 bridgehead atoms. The highest BCUT2D eigenvalue weighted by molar-refractivity contribution is 5.92. The number of rotatable bonds is 3. The summed E-state index contributed by atoms with van der Waals surface area (Å²) in [5.74, 6) is 0.534. The number of fused-ring (bicyclic) bond motifs is 1. The van der Waals surface area contributed by atoms with Gasteiger partial charge in [-0.3, -0.25) is 14.4 Å². The van der Waals surface area contributed by atoms with Crippen LogP contribution in [-0.4, -0.2) is 73.1 Å². The van der Waals surface area contributed by atoms with Crippen LogP contribution < -0.4 is 16.0 Å². The van der Waals surface area contributed by atoms with Gasteiger partial charge in [0.15, 0.2) is 0 Å². The van der Waals surface area contributed by atoms with Crippen LogP contribution in [0.5, 0.6) is 0 Å². The third-order valence-corrected chi connectivity index (χ3v) is 8.96. The smallest absolute Gasteiger partial charge is 0.243 e. The van der Waals surface area contributed by atoms with E-state index in [4.69, 9.17) is 4.74 Å². The zero-order valence-corrected chi connectivity index (χ0v) is 24.6. The first-order valence-electron chi connectivity index (χ1n) is 15.4. The van der Waals surface area contributed by atoms with Crippen molar-refractivity contribution in [1.82, 2.24) is 20.9 Å². The van der Waals surface area contributed by atoms with E-state index in [0.29, 0.717) is 25.4 Å². The van der Waals surface area contributed by atoms with Gasteiger partial charge in [0.1, 0.15) is 12.1 Å². The van der Waals surface area contributed by atoms with Gasteiger partial charge in [-0.1, -0.05) is 46.0 Å². The number of likely N-dealkylation sites (N-methyl/N-ethyl adjacent to an activating group) is 1. The van der Waals surface area contributed by atoms with Gasteiger partial charge in [-0.2, -0.15) is 0 Å². The summed E-state index contributed by atoms with van der Waals surface area (Å²) in [4.78, 5) is 41.7. The van der Waals surface area contributed by atoms with Crippen LogP contribution in [0.25, 0.3) is 0 Å². The van der Waals surface area contributed by atoms with Gasteiger partial charge in [0.25, 0.3) is 0 Å². The van der Waals surface area contributed by atoms with E-state index in [2.05, 4.69) is 36.7 Å². The van der Waals surface area contributed by atoms with Crippen molar-refractivity contribution in [2.24, 2.45) is 17.8 Å². The monoisotopic (exact) mass is 534 g/mol. The summed E-state index contributed by atoms with van der Waals surface area (Å²) in [6.45, 7) is 9.18. The van der Waals surface area contributed by atoms with E-state index in [0.717, 1.165) is 51.4 Å². The maximum absolute atomic E-state index is 13.8. The number of carbonyl (C=O) groups is 3. The van der Waals surface area contributed by atoms with Crippen LogP contribution in [0.4, 0.5) is 0 Å². The van der Waals surface area contributed by atoms with Crippen molar-refractivity contribution in [1.29, 1.82) is 0 Å². The number of carbonyl (C=O) groups excluding carboxylic acids is 3. The van der Waals surface area contributed by atoms with Crippen LogP contribution in [0.3, 0.4) is 0 Å². The molecule has 2 unspecified atom stereocenters. The molecule has 1 aliphatic heterocycles. The number of nitrogens with zero attached hydrogens (tertiary/aromatic N) is 1. The molecule has 0 spiro atoms. The number of hydrogen-bond donors (Lipinski definition) is 3. The van der Waals surface area contributed by atoms with Crippen LogP contribution in [0.15, 0.2) is 0 Å². The largest absolute Gasteiger partial charge is 0.374 e. The Labute approximate surface area is 230 Å². The van der Waals surface area contributed by atoms with Crippen molar-refractivity contribution in [3.05, 3.63) is 0 Å². The lowest BCUT2D eigenvalue weighted by Crippen LogP contribution is -2.58. The van der Waals surface area contributed by atoms with Gasteiger partial charge < -0.3 is 25.6 Å². The predicted octanol–water partition coefficient (Wildman–Crippen LogP) is 3.78. The molecule has 0 aromatic rings. The van der Waals surface area contributed by atoms with E-state index in [1.54, 1.807) is 18.9 Å². The molecule has 1 heterocycles. The zero-order chi connectivity index (χ0) is 27.7. The highest BCUT2D eigenvalue weighted by Gasteiger charge is 2.36. The minimum absolute atomic E-state index is 0.000830. The second-order valence-corrected chi connectivity index (χ2v) is 12.6. The van der Waals surface area contributed by atoms with E-state index in [9.17, 15) is 14.4 Å². The first kappa shape index (κ1) is 30.9. The van der Waals surface area contributed by atoms with E-state index < -0.39 is 12.1 Å². The SMILES string of the molecule is CC(C)C[C@H]1NC(=O)[C@@H](C)N(C)C(=O)[C@H](C2CCCCC2)NC[C@@H](C)OC2CCCCC2CCCNC1=O. The predicted molar refractivity (Wildman–Crippen MR) is 151 cm³/mol. The summed E-state index contributed by atoms with van der Waals surface area (Å²) in [6.07, 6.45) is 12.9. The molecule has 0 radical (unpaired) electrons. The summed E-state index contributed by atoms with van der Waals surface area (Å²) in [5.41, 5.74) is 0. The first-order chi connectivity index (χ1) is 18.2. The Morgan fingerprint density at radius 2 is 1.50 bits per heavy atom. The Bertz CT molecular complexity index is 769. The third kappa shape index (κ3) is 8.94. The minimum atomic E-state index is -0.673. The zero-order valence-electron chi connectivity index (χ0n) is 24.6. The van der Waals surface area contributed by atoms with Gasteiger partial charge in [-0.25, -0.2) is 0 Å². The number of ether oxygens (including phenoxy) is 1.